The molecule has 0 unspecified atom stereocenters. The van der Waals surface area contributed by atoms with Gasteiger partial charge < -0.3 is 19.3 Å². The molecule has 2 fully saturated rings. The Labute approximate surface area is 200 Å². The molecule has 0 atom stereocenters. The van der Waals surface area contributed by atoms with Gasteiger partial charge in [0.05, 0.1) is 22.4 Å². The van der Waals surface area contributed by atoms with Gasteiger partial charge in [-0.25, -0.2) is 14.8 Å². The first-order valence-corrected chi connectivity index (χ1v) is 11.7. The van der Waals surface area contributed by atoms with Crippen LogP contribution in [0.3, 0.4) is 0 Å². The van der Waals surface area contributed by atoms with Crippen LogP contribution in [-0.4, -0.2) is 81.0 Å². The Balaban J connectivity index is 1.59. The standard InChI is InChI=1S/C23H32BClN4O4/c1-21(2,29-9-7-28(8-10-29)20(30)31)13-19-15-11-17(25)16(12-18(15)26-14-27-19)24-32-22(3,4)23(5,6)33-24/h11-12,14H,7-10,13H2,1-6H3,(H,30,31). The lowest BCUT2D eigenvalue weighted by Crippen LogP contribution is -2.56. The number of nitrogens with zero attached hydrogens (tertiary/aromatic N) is 4. The molecule has 1 N–H and O–H groups in total. The van der Waals surface area contributed by atoms with Gasteiger partial charge in [-0.2, -0.15) is 0 Å². The molecule has 3 heterocycles. The highest BCUT2D eigenvalue weighted by molar-refractivity contribution is 6.66. The largest absolute Gasteiger partial charge is 0.496 e. The average molecular weight is 475 g/mol. The second-order valence-corrected chi connectivity index (χ2v) is 11.0. The molecule has 0 radical (unpaired) electrons. The molecule has 8 nitrogen and oxygen atoms in total. The van der Waals surface area contributed by atoms with E-state index in [9.17, 15) is 9.90 Å². The second kappa shape index (κ2) is 8.38. The van der Waals surface area contributed by atoms with Crippen molar-refractivity contribution in [3.8, 4) is 0 Å². The van der Waals surface area contributed by atoms with Gasteiger partial charge in [0.2, 0.25) is 0 Å². The lowest BCUT2D eigenvalue weighted by Gasteiger charge is -2.43. The summed E-state index contributed by atoms with van der Waals surface area (Å²) >= 11 is 6.72. The van der Waals surface area contributed by atoms with Crippen LogP contribution in [0.2, 0.25) is 5.02 Å². The summed E-state index contributed by atoms with van der Waals surface area (Å²) in [5.74, 6) is 0. The van der Waals surface area contributed by atoms with Gasteiger partial charge in [-0.05, 0) is 53.7 Å². The molecule has 2 aliphatic heterocycles. The minimum absolute atomic E-state index is 0.206. The highest BCUT2D eigenvalue weighted by Crippen LogP contribution is 2.37. The summed E-state index contributed by atoms with van der Waals surface area (Å²) in [5.41, 5.74) is 1.34. The van der Waals surface area contributed by atoms with Crippen molar-refractivity contribution in [1.82, 2.24) is 19.8 Å². The van der Waals surface area contributed by atoms with Gasteiger partial charge in [0.15, 0.2) is 0 Å². The van der Waals surface area contributed by atoms with Gasteiger partial charge in [-0.1, -0.05) is 11.6 Å². The van der Waals surface area contributed by atoms with E-state index in [1.807, 2.05) is 39.8 Å². The highest BCUT2D eigenvalue weighted by Gasteiger charge is 2.52. The number of hydrogen-bond donors (Lipinski definition) is 1. The first kappa shape index (κ1) is 24.2. The molecular formula is C23H32BClN4O4. The van der Waals surface area contributed by atoms with E-state index >= 15 is 0 Å². The summed E-state index contributed by atoms with van der Waals surface area (Å²) < 4.78 is 12.4. The molecule has 0 bridgehead atoms. The number of aromatic nitrogens is 2. The van der Waals surface area contributed by atoms with E-state index in [0.29, 0.717) is 37.6 Å². The number of halogens is 1. The molecular weight excluding hydrogens is 443 g/mol. The zero-order valence-corrected chi connectivity index (χ0v) is 20.9. The molecule has 2 aliphatic rings. The first-order valence-electron chi connectivity index (χ1n) is 11.3. The minimum Gasteiger partial charge on any atom is -0.465 e. The molecule has 0 spiro atoms. The van der Waals surface area contributed by atoms with E-state index in [4.69, 9.17) is 20.9 Å². The number of amides is 1. The maximum absolute atomic E-state index is 11.2. The lowest BCUT2D eigenvalue weighted by molar-refractivity contribution is 0.00578. The van der Waals surface area contributed by atoms with Gasteiger partial charge in [0, 0.05) is 54.0 Å². The predicted molar refractivity (Wildman–Crippen MR) is 129 cm³/mol. The summed E-state index contributed by atoms with van der Waals surface area (Å²) in [7, 11) is -0.563. The normalized spacial score (nSPS) is 21.1. The molecule has 1 aromatic heterocycles. The van der Waals surface area contributed by atoms with Crippen LogP contribution in [0.25, 0.3) is 10.9 Å². The minimum atomic E-state index is -0.860. The number of fused-ring (bicyclic) bond motifs is 1. The Bertz CT molecular complexity index is 1050. The van der Waals surface area contributed by atoms with Crippen molar-refractivity contribution in [3.05, 3.63) is 29.2 Å². The maximum Gasteiger partial charge on any atom is 0.496 e. The maximum atomic E-state index is 11.2. The number of carbonyl (C=O) groups is 1. The Morgan fingerprint density at radius 3 is 2.30 bits per heavy atom. The Kier molecular flexibility index (Phi) is 6.14. The third-order valence-electron chi connectivity index (χ3n) is 7.35. The monoisotopic (exact) mass is 474 g/mol. The fourth-order valence-corrected chi connectivity index (χ4v) is 4.72. The molecule has 2 saturated heterocycles. The molecule has 33 heavy (non-hydrogen) atoms. The van der Waals surface area contributed by atoms with Crippen molar-refractivity contribution < 1.29 is 19.2 Å². The highest BCUT2D eigenvalue weighted by atomic mass is 35.5. The van der Waals surface area contributed by atoms with Crippen LogP contribution < -0.4 is 5.46 Å². The molecule has 1 amide bonds. The molecule has 4 rings (SSSR count). The number of carboxylic acid groups (broad SMARTS) is 1. The van der Waals surface area contributed by atoms with Gasteiger partial charge in [-0.15, -0.1) is 0 Å². The van der Waals surface area contributed by atoms with Gasteiger partial charge in [-0.3, -0.25) is 4.90 Å². The van der Waals surface area contributed by atoms with Gasteiger partial charge >= 0.3 is 13.2 Å². The van der Waals surface area contributed by atoms with Crippen LogP contribution in [0.15, 0.2) is 18.5 Å². The summed E-state index contributed by atoms with van der Waals surface area (Å²) in [4.78, 5) is 24.1. The van der Waals surface area contributed by atoms with Gasteiger partial charge in [0.25, 0.3) is 0 Å². The van der Waals surface area contributed by atoms with Crippen molar-refractivity contribution >= 4 is 41.2 Å². The van der Waals surface area contributed by atoms with Crippen molar-refractivity contribution in [2.75, 3.05) is 26.2 Å². The Morgan fingerprint density at radius 1 is 1.12 bits per heavy atom. The summed E-state index contributed by atoms with van der Waals surface area (Å²) in [5, 5.41) is 10.7. The number of hydrogen-bond acceptors (Lipinski definition) is 6. The zero-order chi connectivity index (χ0) is 24.2. The van der Waals surface area contributed by atoms with Crippen molar-refractivity contribution in [1.29, 1.82) is 0 Å². The van der Waals surface area contributed by atoms with Crippen LogP contribution >= 0.6 is 11.6 Å². The SMILES string of the molecule is CC(C)(Cc1ncnc2cc(B3OC(C)(C)C(C)(C)O3)c(Cl)cc12)N1CCN(C(=O)O)CC1. The van der Waals surface area contributed by atoms with Crippen molar-refractivity contribution in [2.24, 2.45) is 0 Å². The van der Waals surface area contributed by atoms with E-state index in [1.165, 1.54) is 4.90 Å². The topological polar surface area (TPSA) is 88.0 Å². The third kappa shape index (κ3) is 4.56. The first-order chi connectivity index (χ1) is 15.3. The van der Waals surface area contributed by atoms with E-state index in [2.05, 4.69) is 28.7 Å². The van der Waals surface area contributed by atoms with Crippen LogP contribution in [0.1, 0.15) is 47.2 Å². The smallest absolute Gasteiger partial charge is 0.465 e. The van der Waals surface area contributed by atoms with E-state index in [0.717, 1.165) is 22.1 Å². The molecule has 0 aliphatic carbocycles. The Hall–Kier alpha value is -1.94. The van der Waals surface area contributed by atoms with Crippen molar-refractivity contribution in [3.63, 3.8) is 0 Å². The summed E-state index contributed by atoms with van der Waals surface area (Å²) in [6.07, 6.45) is 1.41. The van der Waals surface area contributed by atoms with E-state index in [-0.39, 0.29) is 5.54 Å². The van der Waals surface area contributed by atoms with Crippen LogP contribution in [0.4, 0.5) is 4.79 Å². The molecule has 2 aromatic rings. The summed E-state index contributed by atoms with van der Waals surface area (Å²) in [6, 6.07) is 3.84. The van der Waals surface area contributed by atoms with Crippen LogP contribution in [-0.2, 0) is 15.7 Å². The average Bonchev–Trinajstić information content (AvgIpc) is 2.95. The second-order valence-electron chi connectivity index (χ2n) is 10.5. The lowest BCUT2D eigenvalue weighted by atomic mass is 9.78. The van der Waals surface area contributed by atoms with Crippen LogP contribution in [0.5, 0.6) is 0 Å². The molecule has 0 saturated carbocycles. The predicted octanol–water partition coefficient (Wildman–Crippen LogP) is 3.20. The fourth-order valence-electron chi connectivity index (χ4n) is 4.46. The number of piperazine rings is 1. The number of benzene rings is 1. The Morgan fingerprint density at radius 2 is 1.73 bits per heavy atom. The fraction of sp³-hybridized carbons (Fsp3) is 0.609. The summed E-state index contributed by atoms with van der Waals surface area (Å²) in [6.45, 7) is 14.8. The third-order valence-corrected chi connectivity index (χ3v) is 7.68. The van der Waals surface area contributed by atoms with E-state index < -0.39 is 24.4 Å². The van der Waals surface area contributed by atoms with E-state index in [1.54, 1.807) is 6.33 Å². The van der Waals surface area contributed by atoms with Gasteiger partial charge in [0.1, 0.15) is 6.33 Å². The number of rotatable bonds is 4. The quantitative estimate of drug-likeness (QED) is 0.681. The molecule has 1 aromatic carbocycles. The van der Waals surface area contributed by atoms with Crippen LogP contribution in [0, 0.1) is 0 Å². The van der Waals surface area contributed by atoms with Crippen molar-refractivity contribution in [2.45, 2.75) is 64.7 Å². The molecule has 10 heteroatoms. The molecule has 178 valence electrons. The zero-order valence-electron chi connectivity index (χ0n) is 20.2.